The fourth-order valence-electron chi connectivity index (χ4n) is 4.14. The molecule has 0 aliphatic carbocycles. The van der Waals surface area contributed by atoms with Crippen LogP contribution in [-0.4, -0.2) is 53.3 Å². The molecule has 40 heavy (non-hydrogen) atoms. The van der Waals surface area contributed by atoms with Crippen LogP contribution in [0.5, 0.6) is 17.2 Å². The van der Waals surface area contributed by atoms with Crippen LogP contribution in [-0.2, 0) is 6.42 Å². The van der Waals surface area contributed by atoms with Crippen LogP contribution >= 0.6 is 23.2 Å². The van der Waals surface area contributed by atoms with Gasteiger partial charge in [-0.3, -0.25) is 10.1 Å². The third kappa shape index (κ3) is 5.71. The number of ether oxygens (including phenoxy) is 3. The van der Waals surface area contributed by atoms with Gasteiger partial charge in [-0.15, -0.1) is 0 Å². The Morgan fingerprint density at radius 1 is 1.05 bits per heavy atom. The van der Waals surface area contributed by atoms with Crippen LogP contribution in [0.3, 0.4) is 0 Å². The number of benzene rings is 2. The highest BCUT2D eigenvalue weighted by Crippen LogP contribution is 2.45. The van der Waals surface area contributed by atoms with E-state index in [9.17, 15) is 10.1 Å². The molecular formula is C27H24Cl2N6O5. The molecule has 5 rings (SSSR count). The molecule has 0 bridgehead atoms. The minimum atomic E-state index is -0.414. The van der Waals surface area contributed by atoms with E-state index < -0.39 is 4.92 Å². The van der Waals surface area contributed by atoms with Crippen molar-refractivity contribution < 1.29 is 19.1 Å². The van der Waals surface area contributed by atoms with Gasteiger partial charge in [0, 0.05) is 48.6 Å². The van der Waals surface area contributed by atoms with Crippen molar-refractivity contribution in [1.82, 2.24) is 20.3 Å². The highest BCUT2D eigenvalue weighted by Gasteiger charge is 2.22. The molecule has 0 unspecified atom stereocenters. The van der Waals surface area contributed by atoms with Gasteiger partial charge in [0.15, 0.2) is 0 Å². The number of rotatable bonds is 10. The zero-order valence-corrected chi connectivity index (χ0v) is 23.0. The molecule has 2 aromatic carbocycles. The van der Waals surface area contributed by atoms with Gasteiger partial charge >= 0.3 is 0 Å². The third-order valence-electron chi connectivity index (χ3n) is 6.30. The Balaban J connectivity index is 1.45. The molecule has 3 heterocycles. The molecule has 0 spiro atoms. The van der Waals surface area contributed by atoms with Gasteiger partial charge in [-0.1, -0.05) is 23.2 Å². The maximum absolute atomic E-state index is 11.8. The highest BCUT2D eigenvalue weighted by atomic mass is 35.5. The van der Waals surface area contributed by atoms with Crippen molar-refractivity contribution in [2.24, 2.45) is 0 Å². The molecule has 13 heteroatoms. The number of methoxy groups -OCH3 is 2. The van der Waals surface area contributed by atoms with E-state index in [2.05, 4.69) is 25.6 Å². The summed E-state index contributed by atoms with van der Waals surface area (Å²) in [6.45, 7) is 1.43. The van der Waals surface area contributed by atoms with Crippen LogP contribution in [0.15, 0.2) is 55.0 Å². The smallest absolute Gasteiger partial charge is 0.276 e. The number of aromatic nitrogens is 3. The topological polar surface area (TPSA) is 134 Å². The largest absolute Gasteiger partial charge is 0.495 e. The summed E-state index contributed by atoms with van der Waals surface area (Å²) < 4.78 is 16.5. The zero-order chi connectivity index (χ0) is 28.2. The third-order valence-corrected chi connectivity index (χ3v) is 7.05. The average Bonchev–Trinajstić information content (AvgIpc) is 2.94. The molecule has 2 N–H and O–H groups in total. The lowest BCUT2D eigenvalue weighted by Gasteiger charge is -2.27. The maximum atomic E-state index is 11.8. The van der Waals surface area contributed by atoms with Crippen LogP contribution in [0.25, 0.3) is 11.3 Å². The number of hydrogen-bond donors (Lipinski definition) is 2. The maximum Gasteiger partial charge on any atom is 0.276 e. The number of nitro groups is 1. The summed E-state index contributed by atoms with van der Waals surface area (Å²) in [6.07, 6.45) is 3.24. The summed E-state index contributed by atoms with van der Waals surface area (Å²) in [6, 6.07) is 11.8. The number of halogens is 2. The van der Waals surface area contributed by atoms with E-state index in [0.29, 0.717) is 64.4 Å². The minimum absolute atomic E-state index is 0.0139. The SMILES string of the molecule is COc1cc(OC)c(Cl)c(Nc2ncccc2-c2cc(Cc3ccc(OC4CNC4)cc3[N+](=O)[O-])ncn2)c1Cl. The molecule has 4 aromatic rings. The first-order valence-corrected chi connectivity index (χ1v) is 12.9. The Hall–Kier alpha value is -4.19. The second kappa shape index (κ2) is 11.9. The van der Waals surface area contributed by atoms with Crippen molar-refractivity contribution in [2.45, 2.75) is 12.5 Å². The van der Waals surface area contributed by atoms with Crippen LogP contribution in [0.1, 0.15) is 11.3 Å². The van der Waals surface area contributed by atoms with Gasteiger partial charge in [-0.25, -0.2) is 15.0 Å². The van der Waals surface area contributed by atoms with E-state index in [0.717, 1.165) is 0 Å². The van der Waals surface area contributed by atoms with Crippen LogP contribution in [0.4, 0.5) is 17.2 Å². The van der Waals surface area contributed by atoms with Gasteiger partial charge in [-0.2, -0.15) is 0 Å². The Morgan fingerprint density at radius 2 is 1.80 bits per heavy atom. The first-order chi connectivity index (χ1) is 19.4. The first-order valence-electron chi connectivity index (χ1n) is 12.2. The van der Waals surface area contributed by atoms with Gasteiger partial charge in [-0.05, 0) is 30.3 Å². The van der Waals surface area contributed by atoms with Crippen molar-refractivity contribution in [2.75, 3.05) is 32.6 Å². The molecule has 0 radical (unpaired) electrons. The predicted molar refractivity (Wildman–Crippen MR) is 151 cm³/mol. The molecule has 0 amide bonds. The lowest BCUT2D eigenvalue weighted by atomic mass is 10.0. The summed E-state index contributed by atoms with van der Waals surface area (Å²) >= 11 is 13.1. The zero-order valence-electron chi connectivity index (χ0n) is 21.5. The second-order valence-electron chi connectivity index (χ2n) is 8.83. The van der Waals surface area contributed by atoms with E-state index in [4.69, 9.17) is 37.4 Å². The number of nitro benzene ring substituents is 1. The quantitative estimate of drug-likeness (QED) is 0.183. The Kier molecular flexibility index (Phi) is 8.15. The number of nitrogens with one attached hydrogen (secondary N) is 2. The van der Waals surface area contributed by atoms with E-state index in [1.165, 1.54) is 26.6 Å². The molecule has 1 aliphatic rings. The van der Waals surface area contributed by atoms with Crippen molar-refractivity contribution in [3.63, 3.8) is 0 Å². The van der Waals surface area contributed by atoms with Gasteiger partial charge in [0.05, 0.1) is 36.6 Å². The fraction of sp³-hybridized carbons (Fsp3) is 0.222. The standard InChI is InChI=1S/C27H24Cl2N6O5/c1-38-22-11-23(39-2)25(29)26(24(22)28)34-27-19(4-3-7-31-27)20-9-16(32-14-33-20)8-15-5-6-17(10-21(15)35(36)37)40-18-12-30-13-18/h3-7,9-11,14,18,30H,8,12-13H2,1-2H3,(H,31,34). The summed E-state index contributed by atoms with van der Waals surface area (Å²) in [4.78, 5) is 24.7. The van der Waals surface area contributed by atoms with Crippen molar-refractivity contribution in [3.8, 4) is 28.5 Å². The second-order valence-corrected chi connectivity index (χ2v) is 9.58. The molecular weight excluding hydrogens is 559 g/mol. The lowest BCUT2D eigenvalue weighted by Crippen LogP contribution is -2.50. The molecule has 0 saturated carbocycles. The van der Waals surface area contributed by atoms with Crippen molar-refractivity contribution in [3.05, 3.63) is 86.4 Å². The average molecular weight is 583 g/mol. The van der Waals surface area contributed by atoms with Crippen molar-refractivity contribution in [1.29, 1.82) is 0 Å². The lowest BCUT2D eigenvalue weighted by molar-refractivity contribution is -0.385. The number of anilines is 2. The molecule has 11 nitrogen and oxygen atoms in total. The van der Waals surface area contributed by atoms with Gasteiger partial charge in [0.2, 0.25) is 0 Å². The summed E-state index contributed by atoms with van der Waals surface area (Å²) in [5.74, 6) is 1.62. The minimum Gasteiger partial charge on any atom is -0.495 e. The van der Waals surface area contributed by atoms with E-state index in [-0.39, 0.29) is 28.3 Å². The van der Waals surface area contributed by atoms with Gasteiger partial charge in [0.1, 0.15) is 45.5 Å². The van der Waals surface area contributed by atoms with E-state index in [1.807, 2.05) is 6.07 Å². The number of nitrogens with zero attached hydrogens (tertiary/aromatic N) is 4. The summed E-state index contributed by atoms with van der Waals surface area (Å²) in [5.41, 5.74) is 2.57. The predicted octanol–water partition coefficient (Wildman–Crippen LogP) is 5.46. The first kappa shape index (κ1) is 27.4. The molecule has 1 aliphatic heterocycles. The normalized spacial score (nSPS) is 12.9. The Bertz CT molecular complexity index is 1540. The summed E-state index contributed by atoms with van der Waals surface area (Å²) in [5, 5.41) is 18.6. The molecule has 1 fully saturated rings. The Labute approximate surface area is 239 Å². The number of pyridine rings is 1. The van der Waals surface area contributed by atoms with Crippen LogP contribution in [0.2, 0.25) is 10.0 Å². The number of hydrogen-bond acceptors (Lipinski definition) is 10. The van der Waals surface area contributed by atoms with Crippen LogP contribution < -0.4 is 24.8 Å². The molecule has 206 valence electrons. The molecule has 1 saturated heterocycles. The van der Waals surface area contributed by atoms with E-state index >= 15 is 0 Å². The Morgan fingerprint density at radius 3 is 2.45 bits per heavy atom. The summed E-state index contributed by atoms with van der Waals surface area (Å²) in [7, 11) is 2.98. The van der Waals surface area contributed by atoms with Gasteiger partial charge in [0.25, 0.3) is 5.69 Å². The molecule has 0 atom stereocenters. The van der Waals surface area contributed by atoms with Crippen molar-refractivity contribution >= 4 is 40.4 Å². The van der Waals surface area contributed by atoms with Crippen LogP contribution in [0, 0.1) is 10.1 Å². The monoisotopic (exact) mass is 582 g/mol. The van der Waals surface area contributed by atoms with Gasteiger partial charge < -0.3 is 24.8 Å². The highest BCUT2D eigenvalue weighted by molar-refractivity contribution is 6.41. The molecule has 2 aromatic heterocycles. The van der Waals surface area contributed by atoms with E-state index in [1.54, 1.807) is 36.5 Å². The fourth-order valence-corrected chi connectivity index (χ4v) is 4.73.